The molecule has 3 aromatic carbocycles. The van der Waals surface area contributed by atoms with Gasteiger partial charge in [0.05, 0.1) is 22.9 Å². The summed E-state index contributed by atoms with van der Waals surface area (Å²) in [7, 11) is 0. The maximum atomic E-state index is 13.1. The Bertz CT molecular complexity index is 1450. The summed E-state index contributed by atoms with van der Waals surface area (Å²) in [5.41, 5.74) is 2.17. The average molecular weight is 515 g/mol. The monoisotopic (exact) mass is 514 g/mol. The fourth-order valence-corrected chi connectivity index (χ4v) is 4.97. The minimum atomic E-state index is -4.47. The molecule has 0 aliphatic carbocycles. The van der Waals surface area contributed by atoms with Crippen molar-refractivity contribution in [1.29, 1.82) is 0 Å². The molecule has 35 heavy (non-hydrogen) atoms. The van der Waals surface area contributed by atoms with Gasteiger partial charge in [-0.15, -0.1) is 11.8 Å². The van der Waals surface area contributed by atoms with E-state index < -0.39 is 23.5 Å². The van der Waals surface area contributed by atoms with Crippen molar-refractivity contribution in [3.05, 3.63) is 94.6 Å². The van der Waals surface area contributed by atoms with Gasteiger partial charge in [-0.1, -0.05) is 30.3 Å². The van der Waals surface area contributed by atoms with Crippen LogP contribution in [0.2, 0.25) is 0 Å². The highest BCUT2D eigenvalue weighted by molar-refractivity contribution is 7.98. The summed E-state index contributed by atoms with van der Waals surface area (Å²) in [4.78, 5) is 14.1. The summed E-state index contributed by atoms with van der Waals surface area (Å²) in [6.07, 6.45) is -2.56. The van der Waals surface area contributed by atoms with Crippen LogP contribution < -0.4 is 0 Å². The lowest BCUT2D eigenvalue weighted by atomic mass is 9.88. The molecule has 1 N–H and O–H groups in total. The minimum absolute atomic E-state index is 0.00660. The third-order valence-electron chi connectivity index (χ3n) is 5.84. The maximum absolute atomic E-state index is 13.1. The largest absolute Gasteiger partial charge is 0.421 e. The van der Waals surface area contributed by atoms with Gasteiger partial charge in [-0.25, -0.2) is 4.79 Å². The van der Waals surface area contributed by atoms with E-state index in [1.165, 1.54) is 23.9 Å². The van der Waals surface area contributed by atoms with Crippen LogP contribution in [0.15, 0.2) is 77.2 Å². The molecular weight excluding hydrogens is 497 g/mol. The van der Waals surface area contributed by atoms with Gasteiger partial charge in [-0.3, -0.25) is 0 Å². The van der Waals surface area contributed by atoms with Gasteiger partial charge in [0.15, 0.2) is 0 Å². The molecule has 0 saturated heterocycles. The number of rotatable bonds is 5. The number of thioether (sulfide) groups is 1. The van der Waals surface area contributed by atoms with E-state index in [1.807, 2.05) is 6.26 Å². The quantitative estimate of drug-likeness (QED) is 0.267. The highest BCUT2D eigenvalue weighted by Gasteiger charge is 2.48. The van der Waals surface area contributed by atoms with Crippen molar-refractivity contribution in [2.24, 2.45) is 0 Å². The average Bonchev–Trinajstić information content (AvgIpc) is 3.40. The van der Waals surface area contributed by atoms with Crippen LogP contribution in [0, 0.1) is 0 Å². The predicted molar refractivity (Wildman–Crippen MR) is 128 cm³/mol. The van der Waals surface area contributed by atoms with Crippen molar-refractivity contribution in [3.63, 3.8) is 0 Å². The van der Waals surface area contributed by atoms with Crippen molar-refractivity contribution in [2.75, 3.05) is 6.26 Å². The van der Waals surface area contributed by atoms with E-state index in [-0.39, 0.29) is 17.6 Å². The molecule has 1 aliphatic rings. The van der Waals surface area contributed by atoms with Crippen molar-refractivity contribution in [2.45, 2.75) is 23.3 Å². The number of benzene rings is 3. The lowest BCUT2D eigenvalue weighted by Gasteiger charge is -2.26. The second-order valence-electron chi connectivity index (χ2n) is 7.95. The van der Waals surface area contributed by atoms with Crippen LogP contribution in [0.4, 0.5) is 13.2 Å². The summed E-state index contributed by atoms with van der Waals surface area (Å²) in [5.74, 6) is -2.81. The fraction of sp³-hybridized carbons (Fsp3) is 0.160. The van der Waals surface area contributed by atoms with Crippen molar-refractivity contribution >= 4 is 46.1 Å². The molecule has 0 fully saturated rings. The molecule has 1 unspecified atom stereocenters. The van der Waals surface area contributed by atoms with Crippen molar-refractivity contribution in [1.82, 2.24) is 8.75 Å². The van der Waals surface area contributed by atoms with Gasteiger partial charge in [0, 0.05) is 22.5 Å². The van der Waals surface area contributed by atoms with Gasteiger partial charge in [0.25, 0.3) is 5.79 Å². The van der Waals surface area contributed by atoms with Crippen LogP contribution in [0.1, 0.15) is 22.3 Å². The molecule has 178 valence electrons. The second kappa shape index (κ2) is 8.78. The Morgan fingerprint density at radius 3 is 2.34 bits per heavy atom. The molecule has 0 radical (unpaired) electrons. The zero-order valence-corrected chi connectivity index (χ0v) is 19.8. The van der Waals surface area contributed by atoms with Gasteiger partial charge < -0.3 is 9.84 Å². The van der Waals surface area contributed by atoms with E-state index in [9.17, 15) is 23.1 Å². The highest BCUT2D eigenvalue weighted by atomic mass is 32.2. The third-order valence-corrected chi connectivity index (χ3v) is 7.14. The Morgan fingerprint density at radius 1 is 1.00 bits per heavy atom. The molecule has 0 amide bonds. The number of ether oxygens (including phenoxy) is 1. The van der Waals surface area contributed by atoms with Gasteiger partial charge >= 0.3 is 12.1 Å². The second-order valence-corrected chi connectivity index (χ2v) is 9.36. The fourth-order valence-electron chi connectivity index (χ4n) is 4.04. The van der Waals surface area contributed by atoms with E-state index in [2.05, 4.69) is 8.75 Å². The first-order valence-corrected chi connectivity index (χ1v) is 12.4. The Kier molecular flexibility index (Phi) is 5.90. The Morgan fingerprint density at radius 2 is 1.69 bits per heavy atom. The van der Waals surface area contributed by atoms with Crippen molar-refractivity contribution < 1.29 is 27.8 Å². The zero-order chi connectivity index (χ0) is 24.8. The number of aromatic nitrogens is 2. The minimum Gasteiger partial charge on any atom is -0.421 e. The van der Waals surface area contributed by atoms with E-state index in [4.69, 9.17) is 4.74 Å². The highest BCUT2D eigenvalue weighted by Crippen LogP contribution is 2.45. The molecule has 5 rings (SSSR count). The lowest BCUT2D eigenvalue weighted by molar-refractivity contribution is -0.185. The van der Waals surface area contributed by atoms with E-state index in [0.29, 0.717) is 27.7 Å². The van der Waals surface area contributed by atoms with Crippen LogP contribution in [0.3, 0.4) is 0 Å². The molecule has 1 aromatic heterocycles. The van der Waals surface area contributed by atoms with Gasteiger partial charge in [0.1, 0.15) is 11.0 Å². The van der Waals surface area contributed by atoms with Gasteiger partial charge in [-0.05, 0) is 53.8 Å². The van der Waals surface area contributed by atoms with E-state index in [0.717, 1.165) is 28.8 Å². The molecule has 5 nitrogen and oxygen atoms in total. The Labute approximate surface area is 206 Å². The number of nitrogens with zero attached hydrogens (tertiary/aromatic N) is 2. The lowest BCUT2D eigenvalue weighted by Crippen LogP contribution is -2.29. The van der Waals surface area contributed by atoms with Crippen LogP contribution in [0.25, 0.3) is 16.6 Å². The zero-order valence-electron chi connectivity index (χ0n) is 18.2. The number of aliphatic hydroxyl groups is 1. The summed E-state index contributed by atoms with van der Waals surface area (Å²) >= 11 is 2.56. The molecule has 4 aromatic rings. The molecular formula is C25H17F3N2O3S2. The summed E-state index contributed by atoms with van der Waals surface area (Å²) in [5, 5.41) is 11.7. The summed E-state index contributed by atoms with van der Waals surface area (Å²) in [6.45, 7) is 0. The molecule has 0 bridgehead atoms. The van der Waals surface area contributed by atoms with Crippen LogP contribution in [-0.4, -0.2) is 26.1 Å². The number of halogens is 3. The number of esters is 1. The van der Waals surface area contributed by atoms with Crippen LogP contribution >= 0.6 is 23.5 Å². The summed E-state index contributed by atoms with van der Waals surface area (Å²) in [6, 6.07) is 16.7. The summed E-state index contributed by atoms with van der Waals surface area (Å²) < 4.78 is 53.1. The first kappa shape index (κ1) is 23.5. The molecule has 10 heteroatoms. The van der Waals surface area contributed by atoms with Crippen LogP contribution in [-0.2, 0) is 27.9 Å². The molecule has 1 atom stereocenters. The van der Waals surface area contributed by atoms with E-state index >= 15 is 0 Å². The normalized spacial score (nSPS) is 18.4. The number of carbonyl (C=O) groups is 1. The number of hydrogen-bond acceptors (Lipinski definition) is 7. The molecule has 2 heterocycles. The van der Waals surface area contributed by atoms with Crippen LogP contribution in [0.5, 0.6) is 0 Å². The number of cyclic esters (lactones) is 1. The number of fused-ring (bicyclic) bond motifs is 1. The first-order chi connectivity index (χ1) is 16.7. The molecule has 1 aliphatic heterocycles. The van der Waals surface area contributed by atoms with Gasteiger partial charge in [-0.2, -0.15) is 21.9 Å². The first-order valence-electron chi connectivity index (χ1n) is 10.4. The molecule has 0 spiro atoms. The third kappa shape index (κ3) is 4.33. The molecule has 0 saturated carbocycles. The standard InChI is InChI=1S/C25H17F3N2O3S2/c1-34-18-9-7-16(8-10-18)24(32)19(12-14-2-5-17(6-3-14)25(26,27)28)22(23(31)33-24)15-4-11-20-21(13-15)30-35-29-20/h2-11,13,32H,12H2,1H3. The predicted octanol–water partition coefficient (Wildman–Crippen LogP) is 5.83. The van der Waals surface area contributed by atoms with Gasteiger partial charge in [0.2, 0.25) is 0 Å². The number of alkyl halides is 3. The SMILES string of the molecule is CSc1ccc(C2(O)OC(=O)C(c3ccc4nsnc4c3)=C2Cc2ccc(C(F)(F)F)cc2)cc1. The number of hydrogen-bond donors (Lipinski definition) is 1. The van der Waals surface area contributed by atoms with Crippen molar-refractivity contribution in [3.8, 4) is 0 Å². The maximum Gasteiger partial charge on any atom is 0.416 e. The Balaban J connectivity index is 1.65. The smallest absolute Gasteiger partial charge is 0.416 e. The topological polar surface area (TPSA) is 72.3 Å². The Hall–Kier alpha value is -3.21. The number of carbonyl (C=O) groups excluding carboxylic acids is 1. The van der Waals surface area contributed by atoms with E-state index in [1.54, 1.807) is 42.5 Å².